The largest absolute Gasteiger partial charge is 0.348 e. The molecule has 0 saturated carbocycles. The summed E-state index contributed by atoms with van der Waals surface area (Å²) in [5, 5.41) is 2.16. The summed E-state index contributed by atoms with van der Waals surface area (Å²) in [6, 6.07) is 0. The number of thioether (sulfide) groups is 1. The number of hydrogen-bond acceptors (Lipinski definition) is 5. The minimum absolute atomic E-state index is 0.115. The van der Waals surface area contributed by atoms with Crippen LogP contribution in [0.2, 0.25) is 0 Å². The number of amides is 1. The van der Waals surface area contributed by atoms with E-state index in [4.69, 9.17) is 0 Å². The van der Waals surface area contributed by atoms with E-state index in [0.29, 0.717) is 5.75 Å². The molecule has 2 aromatic heterocycles. The number of fused-ring (bicyclic) bond motifs is 3. The number of carbonyl (C=O) groups excluding carboxylic acids is 1. The molecule has 2 heterocycles. The van der Waals surface area contributed by atoms with Gasteiger partial charge < -0.3 is 4.90 Å². The van der Waals surface area contributed by atoms with Crippen LogP contribution in [0.4, 0.5) is 0 Å². The monoisotopic (exact) mass is 321 g/mol. The van der Waals surface area contributed by atoms with Gasteiger partial charge >= 0.3 is 0 Å². The van der Waals surface area contributed by atoms with Crippen LogP contribution in [-0.2, 0) is 17.6 Å². The minimum Gasteiger partial charge on any atom is -0.348 e. The van der Waals surface area contributed by atoms with E-state index in [2.05, 4.69) is 16.9 Å². The second-order valence-corrected chi connectivity index (χ2v) is 7.84. The maximum absolute atomic E-state index is 11.8. The predicted octanol–water partition coefficient (Wildman–Crippen LogP) is 3.00. The lowest BCUT2D eigenvalue weighted by molar-refractivity contribution is -0.125. The molecule has 0 unspecified atom stereocenters. The normalized spacial score (nSPS) is 17.8. The summed E-state index contributed by atoms with van der Waals surface area (Å²) < 4.78 is 0. The zero-order valence-corrected chi connectivity index (χ0v) is 14.2. The lowest BCUT2D eigenvalue weighted by Gasteiger charge is -2.18. The van der Waals surface area contributed by atoms with Gasteiger partial charge in [0.1, 0.15) is 16.2 Å². The highest BCUT2D eigenvalue weighted by Gasteiger charge is 2.23. The summed E-state index contributed by atoms with van der Waals surface area (Å²) in [7, 11) is 3.57. The fourth-order valence-electron chi connectivity index (χ4n) is 2.61. The molecule has 1 aliphatic carbocycles. The first-order chi connectivity index (χ1) is 10.1. The first kappa shape index (κ1) is 14.8. The van der Waals surface area contributed by atoms with Gasteiger partial charge in [-0.1, -0.05) is 18.7 Å². The van der Waals surface area contributed by atoms with Crippen LogP contribution < -0.4 is 0 Å². The zero-order valence-electron chi connectivity index (χ0n) is 12.5. The third-order valence-corrected chi connectivity index (χ3v) is 6.02. The number of rotatable bonds is 3. The number of thiophene rings is 1. The van der Waals surface area contributed by atoms with Crippen LogP contribution in [0, 0.1) is 5.92 Å². The van der Waals surface area contributed by atoms with E-state index in [1.807, 2.05) is 0 Å². The molecular weight excluding hydrogens is 302 g/mol. The average molecular weight is 321 g/mol. The summed E-state index contributed by atoms with van der Waals surface area (Å²) in [6.07, 6.45) is 5.11. The molecule has 6 heteroatoms. The Morgan fingerprint density at radius 2 is 2.29 bits per heavy atom. The Kier molecular flexibility index (Phi) is 4.17. The molecule has 0 radical (unpaired) electrons. The van der Waals surface area contributed by atoms with Crippen LogP contribution in [-0.4, -0.2) is 40.6 Å². The second-order valence-electron chi connectivity index (χ2n) is 5.79. The van der Waals surface area contributed by atoms with Gasteiger partial charge in [0.25, 0.3) is 0 Å². The Morgan fingerprint density at radius 3 is 3.05 bits per heavy atom. The van der Waals surface area contributed by atoms with Crippen molar-refractivity contribution < 1.29 is 4.79 Å². The third kappa shape index (κ3) is 2.92. The lowest BCUT2D eigenvalue weighted by Crippen LogP contribution is -2.23. The maximum atomic E-state index is 11.8. The Balaban J connectivity index is 1.94. The van der Waals surface area contributed by atoms with E-state index >= 15 is 0 Å². The topological polar surface area (TPSA) is 46.1 Å². The Labute approximate surface area is 133 Å². The Bertz CT molecular complexity index is 681. The molecule has 0 aliphatic heterocycles. The van der Waals surface area contributed by atoms with Crippen LogP contribution in [0.5, 0.6) is 0 Å². The van der Waals surface area contributed by atoms with Crippen molar-refractivity contribution in [3.63, 3.8) is 0 Å². The van der Waals surface area contributed by atoms with Crippen molar-refractivity contribution in [1.82, 2.24) is 14.9 Å². The molecule has 112 valence electrons. The van der Waals surface area contributed by atoms with Crippen molar-refractivity contribution in [2.75, 3.05) is 19.8 Å². The molecule has 4 nitrogen and oxygen atoms in total. The van der Waals surface area contributed by atoms with Crippen molar-refractivity contribution in [2.24, 2.45) is 5.92 Å². The van der Waals surface area contributed by atoms with Crippen LogP contribution in [0.15, 0.2) is 11.4 Å². The second kappa shape index (κ2) is 5.93. The molecule has 1 atom stereocenters. The Morgan fingerprint density at radius 1 is 1.48 bits per heavy atom. The van der Waals surface area contributed by atoms with E-state index in [-0.39, 0.29) is 5.91 Å². The number of hydrogen-bond donors (Lipinski definition) is 0. The lowest BCUT2D eigenvalue weighted by atomic mass is 9.89. The maximum Gasteiger partial charge on any atom is 0.232 e. The van der Waals surface area contributed by atoms with Crippen LogP contribution in [0.3, 0.4) is 0 Å². The molecule has 0 N–H and O–H groups in total. The highest BCUT2D eigenvalue weighted by molar-refractivity contribution is 8.00. The molecule has 1 amide bonds. The van der Waals surface area contributed by atoms with E-state index in [1.165, 1.54) is 34.0 Å². The van der Waals surface area contributed by atoms with Crippen molar-refractivity contribution in [3.8, 4) is 0 Å². The predicted molar refractivity (Wildman–Crippen MR) is 88.0 cm³/mol. The SMILES string of the molecule is C[C@H]1CCc2c(sc3ncnc(SCC(=O)N(C)C)c23)C1. The van der Waals surface area contributed by atoms with Gasteiger partial charge in [-0.2, -0.15) is 0 Å². The van der Waals surface area contributed by atoms with Crippen LogP contribution in [0.1, 0.15) is 23.8 Å². The molecule has 0 fully saturated rings. The quantitative estimate of drug-likeness (QED) is 0.644. The van der Waals surface area contributed by atoms with Gasteiger partial charge in [-0.15, -0.1) is 11.3 Å². The van der Waals surface area contributed by atoms with Crippen LogP contribution >= 0.6 is 23.1 Å². The summed E-state index contributed by atoms with van der Waals surface area (Å²) >= 11 is 3.33. The highest BCUT2D eigenvalue weighted by atomic mass is 32.2. The molecule has 21 heavy (non-hydrogen) atoms. The molecule has 0 bridgehead atoms. The minimum atomic E-state index is 0.115. The van der Waals surface area contributed by atoms with Gasteiger partial charge in [-0.05, 0) is 30.7 Å². The number of carbonyl (C=O) groups is 1. The molecule has 0 saturated heterocycles. The van der Waals surface area contributed by atoms with E-state index < -0.39 is 0 Å². The Hall–Kier alpha value is -1.14. The molecule has 2 aromatic rings. The van der Waals surface area contributed by atoms with Gasteiger partial charge in [0.05, 0.1) is 5.75 Å². The highest BCUT2D eigenvalue weighted by Crippen LogP contribution is 2.40. The standard InChI is InChI=1S/C15H19N3OS2/c1-9-4-5-10-11(6-9)21-15-13(10)14(16-8-17-15)20-7-12(19)18(2)3/h8-9H,4-7H2,1-3H3/t9-/m0/s1. The fraction of sp³-hybridized carbons (Fsp3) is 0.533. The summed E-state index contributed by atoms with van der Waals surface area (Å²) in [5.74, 6) is 1.30. The van der Waals surface area contributed by atoms with Gasteiger partial charge in [-0.3, -0.25) is 4.79 Å². The number of aryl methyl sites for hydroxylation is 1. The number of aromatic nitrogens is 2. The van der Waals surface area contributed by atoms with Crippen molar-refractivity contribution in [3.05, 3.63) is 16.8 Å². The molecule has 0 aromatic carbocycles. The number of nitrogens with zero attached hydrogens (tertiary/aromatic N) is 3. The molecular formula is C15H19N3OS2. The molecule has 3 rings (SSSR count). The van der Waals surface area contributed by atoms with Crippen molar-refractivity contribution >= 4 is 39.2 Å². The van der Waals surface area contributed by atoms with E-state index in [9.17, 15) is 4.79 Å². The van der Waals surface area contributed by atoms with Gasteiger partial charge in [-0.25, -0.2) is 9.97 Å². The van der Waals surface area contributed by atoms with E-state index in [0.717, 1.165) is 28.6 Å². The average Bonchev–Trinajstić information content (AvgIpc) is 2.82. The first-order valence-electron chi connectivity index (χ1n) is 7.14. The van der Waals surface area contributed by atoms with E-state index in [1.54, 1.807) is 36.7 Å². The third-order valence-electron chi connectivity index (χ3n) is 3.89. The van der Waals surface area contributed by atoms with Gasteiger partial charge in [0, 0.05) is 24.4 Å². The van der Waals surface area contributed by atoms with Gasteiger partial charge in [0.2, 0.25) is 5.91 Å². The summed E-state index contributed by atoms with van der Waals surface area (Å²) in [6.45, 7) is 2.31. The zero-order chi connectivity index (χ0) is 15.0. The van der Waals surface area contributed by atoms with Crippen molar-refractivity contribution in [2.45, 2.75) is 31.2 Å². The fourth-order valence-corrected chi connectivity index (χ4v) is 5.03. The van der Waals surface area contributed by atoms with Gasteiger partial charge in [0.15, 0.2) is 0 Å². The van der Waals surface area contributed by atoms with Crippen molar-refractivity contribution in [1.29, 1.82) is 0 Å². The summed E-state index contributed by atoms with van der Waals surface area (Å²) in [4.78, 5) is 24.8. The molecule has 1 aliphatic rings. The van der Waals surface area contributed by atoms with Crippen LogP contribution in [0.25, 0.3) is 10.2 Å². The smallest absolute Gasteiger partial charge is 0.232 e. The molecule has 0 spiro atoms. The summed E-state index contributed by atoms with van der Waals surface area (Å²) in [5.41, 5.74) is 1.42. The first-order valence-corrected chi connectivity index (χ1v) is 8.94.